The first-order chi connectivity index (χ1) is 13.2. The number of carbonyl (C=O) groups excluding carboxylic acids is 2. The highest BCUT2D eigenvalue weighted by Crippen LogP contribution is 2.25. The molecule has 2 rings (SSSR count). The smallest absolute Gasteiger partial charge is 0.311 e. The van der Waals surface area contributed by atoms with Crippen molar-refractivity contribution in [3.63, 3.8) is 0 Å². The molecule has 2 aromatic rings. The van der Waals surface area contributed by atoms with E-state index in [0.29, 0.717) is 18.6 Å². The molecule has 0 aliphatic carbocycles. The Kier molecular flexibility index (Phi) is 8.04. The van der Waals surface area contributed by atoms with Crippen molar-refractivity contribution < 1.29 is 19.1 Å². The normalized spacial score (nSPS) is 11.2. The van der Waals surface area contributed by atoms with Crippen molar-refractivity contribution in [2.45, 2.75) is 40.5 Å². The van der Waals surface area contributed by atoms with E-state index in [9.17, 15) is 9.59 Å². The largest absolute Gasteiger partial charge is 0.493 e. The summed E-state index contributed by atoms with van der Waals surface area (Å²) >= 11 is 2.18. The predicted octanol–water partition coefficient (Wildman–Crippen LogP) is 5.52. The Bertz CT molecular complexity index is 825. The average Bonchev–Trinajstić information content (AvgIpc) is 2.66. The summed E-state index contributed by atoms with van der Waals surface area (Å²) in [6, 6.07) is 13.3. The van der Waals surface area contributed by atoms with Crippen LogP contribution in [0.1, 0.15) is 48.2 Å². The van der Waals surface area contributed by atoms with Gasteiger partial charge in [0, 0.05) is 9.13 Å². The molecule has 2 aromatic carbocycles. The second-order valence-corrected chi connectivity index (χ2v) is 8.86. The summed E-state index contributed by atoms with van der Waals surface area (Å²) in [6.07, 6.45) is 1.34. The molecule has 0 saturated carbocycles. The molecular weight excluding hydrogens is 467 g/mol. The molecule has 0 saturated heterocycles. The van der Waals surface area contributed by atoms with Gasteiger partial charge in [-0.3, -0.25) is 9.59 Å². The molecule has 0 fully saturated rings. The van der Waals surface area contributed by atoms with Crippen LogP contribution in [0.15, 0.2) is 42.5 Å². The van der Waals surface area contributed by atoms with E-state index < -0.39 is 5.41 Å². The molecule has 0 N–H and O–H groups in total. The Balaban J connectivity index is 1.78. The van der Waals surface area contributed by atoms with Crippen LogP contribution in [0.2, 0.25) is 0 Å². The molecule has 0 bridgehead atoms. The van der Waals surface area contributed by atoms with Gasteiger partial charge in [-0.15, -0.1) is 0 Å². The number of ether oxygens (including phenoxy) is 2. The van der Waals surface area contributed by atoms with Gasteiger partial charge in [-0.25, -0.2) is 0 Å². The fourth-order valence-electron chi connectivity index (χ4n) is 2.71. The third kappa shape index (κ3) is 6.62. The summed E-state index contributed by atoms with van der Waals surface area (Å²) in [5.41, 5.74) is 2.13. The number of Topliss-reactive ketones (excluding diaryl/α,β-unsaturated/α-hetero) is 1. The van der Waals surface area contributed by atoms with Crippen molar-refractivity contribution in [1.82, 2.24) is 0 Å². The molecule has 0 aliphatic rings. The monoisotopic (exact) mass is 494 g/mol. The highest BCUT2D eigenvalue weighted by Gasteiger charge is 2.29. The molecule has 0 spiro atoms. The number of carbonyl (C=O) groups is 2. The van der Waals surface area contributed by atoms with Crippen LogP contribution >= 0.6 is 22.6 Å². The molecular formula is C23H27IO4. The maximum absolute atomic E-state index is 12.4. The zero-order valence-electron chi connectivity index (χ0n) is 16.9. The van der Waals surface area contributed by atoms with Gasteiger partial charge in [0.15, 0.2) is 12.4 Å². The van der Waals surface area contributed by atoms with Crippen LogP contribution in [0.3, 0.4) is 0 Å². The molecule has 0 atom stereocenters. The van der Waals surface area contributed by atoms with Crippen LogP contribution in [-0.4, -0.2) is 25.0 Å². The van der Waals surface area contributed by atoms with Crippen LogP contribution in [0.4, 0.5) is 0 Å². The van der Waals surface area contributed by atoms with Gasteiger partial charge in [0.1, 0.15) is 5.75 Å². The van der Waals surface area contributed by atoms with Gasteiger partial charge < -0.3 is 9.47 Å². The zero-order chi connectivity index (χ0) is 20.7. The lowest BCUT2D eigenvalue weighted by Crippen LogP contribution is -2.29. The highest BCUT2D eigenvalue weighted by atomic mass is 127. The maximum Gasteiger partial charge on any atom is 0.311 e. The van der Waals surface area contributed by atoms with E-state index in [1.807, 2.05) is 52.0 Å². The van der Waals surface area contributed by atoms with E-state index >= 15 is 0 Å². The van der Waals surface area contributed by atoms with Crippen molar-refractivity contribution in [2.75, 3.05) is 13.2 Å². The van der Waals surface area contributed by atoms with Crippen molar-refractivity contribution >= 4 is 34.3 Å². The van der Waals surface area contributed by atoms with Crippen LogP contribution in [-0.2, 0) is 9.53 Å². The summed E-state index contributed by atoms with van der Waals surface area (Å²) in [5, 5.41) is 0. The van der Waals surface area contributed by atoms with E-state index in [1.165, 1.54) is 0 Å². The van der Waals surface area contributed by atoms with Gasteiger partial charge in [0.2, 0.25) is 0 Å². The quantitative estimate of drug-likeness (QED) is 0.200. The van der Waals surface area contributed by atoms with E-state index in [2.05, 4.69) is 28.7 Å². The zero-order valence-corrected chi connectivity index (χ0v) is 19.0. The lowest BCUT2D eigenvalue weighted by Gasteiger charge is -2.22. The molecule has 28 heavy (non-hydrogen) atoms. The van der Waals surface area contributed by atoms with E-state index in [1.54, 1.807) is 12.1 Å². The fourth-order valence-corrected chi connectivity index (χ4v) is 3.07. The summed E-state index contributed by atoms with van der Waals surface area (Å²) in [4.78, 5) is 24.6. The molecule has 0 aliphatic heterocycles. The second-order valence-electron chi connectivity index (χ2n) is 7.61. The van der Waals surface area contributed by atoms with Crippen molar-refractivity contribution in [3.8, 4) is 5.75 Å². The van der Waals surface area contributed by atoms with E-state index in [4.69, 9.17) is 9.47 Å². The van der Waals surface area contributed by atoms with Crippen molar-refractivity contribution in [1.29, 1.82) is 0 Å². The van der Waals surface area contributed by atoms with Gasteiger partial charge in [0.25, 0.3) is 0 Å². The minimum atomic E-state index is -0.669. The third-order valence-electron chi connectivity index (χ3n) is 4.60. The third-order valence-corrected chi connectivity index (χ3v) is 5.32. The second kappa shape index (κ2) is 10.0. The van der Waals surface area contributed by atoms with Gasteiger partial charge >= 0.3 is 5.97 Å². The first-order valence-corrected chi connectivity index (χ1v) is 10.4. The Labute approximate surface area is 180 Å². The topological polar surface area (TPSA) is 52.6 Å². The van der Waals surface area contributed by atoms with Crippen LogP contribution in [0.5, 0.6) is 5.75 Å². The summed E-state index contributed by atoms with van der Waals surface area (Å²) in [5.74, 6) is 0.320. The number of aryl methyl sites for hydroxylation is 2. The lowest BCUT2D eigenvalue weighted by molar-refractivity contribution is -0.153. The number of esters is 1. The average molecular weight is 494 g/mol. The van der Waals surface area contributed by atoms with E-state index in [0.717, 1.165) is 26.9 Å². The minimum Gasteiger partial charge on any atom is -0.493 e. The summed E-state index contributed by atoms with van der Waals surface area (Å²) < 4.78 is 12.2. The van der Waals surface area contributed by atoms with Crippen LogP contribution < -0.4 is 4.74 Å². The molecule has 5 heteroatoms. The number of ketones is 1. The number of halogens is 1. The van der Waals surface area contributed by atoms with Gasteiger partial charge in [-0.1, -0.05) is 24.3 Å². The number of benzene rings is 2. The Morgan fingerprint density at radius 3 is 2.39 bits per heavy atom. The number of hydrogen-bond donors (Lipinski definition) is 0. The summed E-state index contributed by atoms with van der Waals surface area (Å²) in [6.45, 7) is 8.01. The molecule has 150 valence electrons. The van der Waals surface area contributed by atoms with Crippen molar-refractivity contribution in [3.05, 3.63) is 62.7 Å². The molecule has 0 amide bonds. The minimum absolute atomic E-state index is 0.196. The Morgan fingerprint density at radius 1 is 1.04 bits per heavy atom. The first kappa shape index (κ1) is 22.4. The standard InChI is InChI=1S/C23H27IO4/c1-16-6-7-17(2)21(14-16)27-13-5-12-23(3,4)22(26)28-15-20(25)18-8-10-19(24)11-9-18/h6-11,14H,5,12-13,15H2,1-4H3. The predicted molar refractivity (Wildman–Crippen MR) is 119 cm³/mol. The fraction of sp³-hybridized carbons (Fsp3) is 0.391. The molecule has 0 heterocycles. The van der Waals surface area contributed by atoms with Crippen molar-refractivity contribution in [2.24, 2.45) is 5.41 Å². The molecule has 4 nitrogen and oxygen atoms in total. The van der Waals surface area contributed by atoms with Crippen LogP contribution in [0.25, 0.3) is 0 Å². The van der Waals surface area contributed by atoms with Gasteiger partial charge in [0.05, 0.1) is 12.0 Å². The van der Waals surface area contributed by atoms with Gasteiger partial charge in [-0.05, 0) is 92.5 Å². The highest BCUT2D eigenvalue weighted by molar-refractivity contribution is 14.1. The SMILES string of the molecule is Cc1ccc(C)c(OCCCC(C)(C)C(=O)OCC(=O)c2ccc(I)cc2)c1. The Morgan fingerprint density at radius 2 is 1.71 bits per heavy atom. The number of rotatable bonds is 9. The molecule has 0 unspecified atom stereocenters. The Hall–Kier alpha value is -1.89. The van der Waals surface area contributed by atoms with E-state index in [-0.39, 0.29) is 18.4 Å². The molecule has 0 radical (unpaired) electrons. The maximum atomic E-state index is 12.4. The lowest BCUT2D eigenvalue weighted by atomic mass is 9.88. The summed E-state index contributed by atoms with van der Waals surface area (Å²) in [7, 11) is 0. The number of hydrogen-bond acceptors (Lipinski definition) is 4. The van der Waals surface area contributed by atoms with Crippen LogP contribution in [0, 0.1) is 22.8 Å². The first-order valence-electron chi connectivity index (χ1n) is 9.35. The molecule has 0 aromatic heterocycles. The van der Waals surface area contributed by atoms with Gasteiger partial charge in [-0.2, -0.15) is 0 Å².